The van der Waals surface area contributed by atoms with Crippen molar-refractivity contribution in [2.45, 2.75) is 18.4 Å². The lowest BCUT2D eigenvalue weighted by Crippen LogP contribution is -2.55. The van der Waals surface area contributed by atoms with Gasteiger partial charge in [0.25, 0.3) is 11.8 Å². The molecule has 1 fully saturated rings. The first-order valence-corrected chi connectivity index (χ1v) is 9.50. The quantitative estimate of drug-likeness (QED) is 0.501. The molecule has 4 N–H and O–H groups in total. The summed E-state index contributed by atoms with van der Waals surface area (Å²) in [7, 11) is 0. The first-order valence-electron chi connectivity index (χ1n) is 9.50. The van der Waals surface area contributed by atoms with E-state index in [-0.39, 0.29) is 30.2 Å². The summed E-state index contributed by atoms with van der Waals surface area (Å²) < 4.78 is 63.5. The molecule has 0 saturated carbocycles. The Hall–Kier alpha value is -3.71. The van der Waals surface area contributed by atoms with Gasteiger partial charge in [-0.25, -0.2) is 4.39 Å². The number of hydrogen-bond acceptors (Lipinski definition) is 7. The number of benzene rings is 2. The van der Waals surface area contributed by atoms with E-state index in [1.54, 1.807) is 0 Å². The highest BCUT2D eigenvalue weighted by molar-refractivity contribution is 6.04. The number of aromatic nitrogens is 1. The van der Waals surface area contributed by atoms with Gasteiger partial charge in [-0.3, -0.25) is 9.59 Å². The Bertz CT molecular complexity index is 1230. The Labute approximate surface area is 182 Å². The maximum Gasteiger partial charge on any atom is 0.416 e. The van der Waals surface area contributed by atoms with Gasteiger partial charge in [-0.2, -0.15) is 13.2 Å². The van der Waals surface area contributed by atoms with Gasteiger partial charge in [0.15, 0.2) is 23.6 Å². The second-order valence-corrected chi connectivity index (χ2v) is 7.16. The number of alkyl halides is 3. The first kappa shape index (κ1) is 22.5. The average molecular weight is 468 g/mol. The SMILES string of the molecule is Nc1noc2cc(NC(=O)C(O)C3OCCN(c4cc(C(F)(F)F)ccc4F)C3=O)ccc12. The molecule has 1 aliphatic rings. The fraction of sp³-hybridized carbons (Fsp3) is 0.250. The summed E-state index contributed by atoms with van der Waals surface area (Å²) in [6.07, 6.45) is -8.56. The molecule has 1 aromatic heterocycles. The zero-order chi connectivity index (χ0) is 23.9. The fourth-order valence-electron chi connectivity index (χ4n) is 3.36. The van der Waals surface area contributed by atoms with Crippen molar-refractivity contribution in [1.29, 1.82) is 0 Å². The zero-order valence-corrected chi connectivity index (χ0v) is 16.6. The number of halogens is 4. The van der Waals surface area contributed by atoms with E-state index in [1.165, 1.54) is 18.2 Å². The van der Waals surface area contributed by atoms with E-state index in [0.29, 0.717) is 28.5 Å². The maximum atomic E-state index is 14.3. The van der Waals surface area contributed by atoms with Crippen LogP contribution in [0.3, 0.4) is 0 Å². The van der Waals surface area contributed by atoms with Gasteiger partial charge in [0.1, 0.15) is 5.82 Å². The topological polar surface area (TPSA) is 131 Å². The summed E-state index contributed by atoms with van der Waals surface area (Å²) in [6.45, 7) is -0.523. The van der Waals surface area contributed by atoms with Crippen LogP contribution < -0.4 is 16.0 Å². The first-order chi connectivity index (χ1) is 15.6. The van der Waals surface area contributed by atoms with Crippen molar-refractivity contribution in [1.82, 2.24) is 5.16 Å². The number of nitrogens with zero attached hydrogens (tertiary/aromatic N) is 2. The minimum Gasteiger partial charge on any atom is -0.380 e. The van der Waals surface area contributed by atoms with Crippen molar-refractivity contribution in [3.63, 3.8) is 0 Å². The monoisotopic (exact) mass is 468 g/mol. The van der Waals surface area contributed by atoms with Gasteiger partial charge in [-0.15, -0.1) is 0 Å². The molecule has 1 saturated heterocycles. The van der Waals surface area contributed by atoms with Gasteiger partial charge in [0.05, 0.1) is 23.2 Å². The molecule has 2 atom stereocenters. The zero-order valence-electron chi connectivity index (χ0n) is 16.6. The van der Waals surface area contributed by atoms with Crippen LogP contribution in [0.1, 0.15) is 5.56 Å². The van der Waals surface area contributed by atoms with E-state index in [9.17, 15) is 32.3 Å². The lowest BCUT2D eigenvalue weighted by molar-refractivity contribution is -0.150. The standard InChI is InChI=1S/C20H16F4N4O5/c21-12-4-1-9(20(22,23)24)7-13(12)28-5-6-32-16(19(28)31)15(29)18(30)26-10-2-3-11-14(8-10)33-27-17(11)25/h1-4,7-8,15-16,29H,5-6H2,(H2,25,27)(H,26,30). The van der Waals surface area contributed by atoms with E-state index < -0.39 is 47.3 Å². The molecular formula is C20H16F4N4O5. The third-order valence-corrected chi connectivity index (χ3v) is 5.01. The van der Waals surface area contributed by atoms with Crippen LogP contribution in [-0.2, 0) is 20.5 Å². The average Bonchev–Trinajstić information content (AvgIpc) is 3.13. The number of fused-ring (bicyclic) bond motifs is 1. The van der Waals surface area contributed by atoms with Gasteiger partial charge in [-0.1, -0.05) is 5.16 Å². The fourth-order valence-corrected chi connectivity index (χ4v) is 3.36. The molecule has 9 nitrogen and oxygen atoms in total. The Morgan fingerprint density at radius 2 is 2.03 bits per heavy atom. The predicted molar refractivity (Wildman–Crippen MR) is 107 cm³/mol. The Balaban J connectivity index is 1.52. The number of nitrogen functional groups attached to an aromatic ring is 1. The molecule has 2 aromatic carbocycles. The Morgan fingerprint density at radius 1 is 1.27 bits per heavy atom. The molecule has 1 aliphatic heterocycles. The molecule has 174 valence electrons. The van der Waals surface area contributed by atoms with Crippen LogP contribution in [0.25, 0.3) is 11.0 Å². The normalized spacial score (nSPS) is 17.9. The number of carbonyl (C=O) groups is 2. The van der Waals surface area contributed by atoms with Gasteiger partial charge < -0.3 is 30.3 Å². The summed E-state index contributed by atoms with van der Waals surface area (Å²) in [5, 5.41) is 16.8. The summed E-state index contributed by atoms with van der Waals surface area (Å²) in [5.41, 5.74) is 4.27. The number of amides is 2. The van der Waals surface area contributed by atoms with Gasteiger partial charge in [0.2, 0.25) is 0 Å². The number of nitrogens with two attached hydrogens (primary N) is 1. The Kier molecular flexibility index (Phi) is 5.68. The molecule has 2 unspecified atom stereocenters. The van der Waals surface area contributed by atoms with Crippen molar-refractivity contribution in [2.24, 2.45) is 0 Å². The van der Waals surface area contributed by atoms with Crippen LogP contribution in [-0.4, -0.2) is 47.4 Å². The number of aliphatic hydroxyl groups is 1. The third kappa shape index (κ3) is 4.32. The smallest absolute Gasteiger partial charge is 0.380 e. The van der Waals surface area contributed by atoms with Crippen molar-refractivity contribution in [2.75, 3.05) is 29.1 Å². The van der Waals surface area contributed by atoms with Crippen molar-refractivity contribution in [3.05, 3.63) is 47.8 Å². The van der Waals surface area contributed by atoms with Crippen LogP contribution in [0.2, 0.25) is 0 Å². The van der Waals surface area contributed by atoms with Crippen LogP contribution >= 0.6 is 0 Å². The molecule has 0 aliphatic carbocycles. The van der Waals surface area contributed by atoms with E-state index >= 15 is 0 Å². The maximum absolute atomic E-state index is 14.3. The summed E-state index contributed by atoms with van der Waals surface area (Å²) in [4.78, 5) is 26.0. The number of anilines is 3. The minimum atomic E-state index is -4.76. The molecule has 2 heterocycles. The molecule has 13 heteroatoms. The van der Waals surface area contributed by atoms with Crippen LogP contribution in [0.5, 0.6) is 0 Å². The van der Waals surface area contributed by atoms with Gasteiger partial charge in [0, 0.05) is 18.3 Å². The Morgan fingerprint density at radius 3 is 2.76 bits per heavy atom. The van der Waals surface area contributed by atoms with E-state index in [1.807, 2.05) is 0 Å². The third-order valence-electron chi connectivity index (χ3n) is 5.01. The number of aliphatic hydroxyl groups excluding tert-OH is 1. The summed E-state index contributed by atoms with van der Waals surface area (Å²) in [6, 6.07) is 5.98. The van der Waals surface area contributed by atoms with Gasteiger partial charge >= 0.3 is 6.18 Å². The number of rotatable bonds is 4. The van der Waals surface area contributed by atoms with Crippen LogP contribution in [0.15, 0.2) is 40.9 Å². The minimum absolute atomic E-state index is 0.144. The molecule has 0 spiro atoms. The molecule has 3 aromatic rings. The number of ether oxygens (including phenoxy) is 1. The van der Waals surface area contributed by atoms with E-state index in [2.05, 4.69) is 10.5 Å². The van der Waals surface area contributed by atoms with Crippen molar-refractivity contribution >= 4 is 40.0 Å². The van der Waals surface area contributed by atoms with Gasteiger partial charge in [-0.05, 0) is 30.3 Å². The van der Waals surface area contributed by atoms with Crippen LogP contribution in [0.4, 0.5) is 34.8 Å². The highest BCUT2D eigenvalue weighted by atomic mass is 19.4. The van der Waals surface area contributed by atoms with Crippen molar-refractivity contribution < 1.29 is 41.5 Å². The van der Waals surface area contributed by atoms with Crippen molar-refractivity contribution in [3.8, 4) is 0 Å². The molecule has 33 heavy (non-hydrogen) atoms. The largest absolute Gasteiger partial charge is 0.416 e. The van der Waals surface area contributed by atoms with Crippen LogP contribution in [0, 0.1) is 5.82 Å². The highest BCUT2D eigenvalue weighted by Gasteiger charge is 2.41. The molecule has 0 radical (unpaired) electrons. The second-order valence-electron chi connectivity index (χ2n) is 7.16. The number of morpholine rings is 1. The summed E-state index contributed by atoms with van der Waals surface area (Å²) >= 11 is 0. The van der Waals surface area contributed by atoms with E-state index in [0.717, 1.165) is 0 Å². The molecule has 4 rings (SSSR count). The number of carbonyl (C=O) groups excluding carboxylic acids is 2. The summed E-state index contributed by atoms with van der Waals surface area (Å²) in [5.74, 6) is -3.03. The lowest BCUT2D eigenvalue weighted by atomic mass is 10.1. The lowest BCUT2D eigenvalue weighted by Gasteiger charge is -2.34. The molecule has 2 amide bonds. The molecule has 0 bridgehead atoms. The number of nitrogens with one attached hydrogen (secondary N) is 1. The van der Waals surface area contributed by atoms with E-state index in [4.69, 9.17) is 15.0 Å². The number of hydrogen-bond donors (Lipinski definition) is 3. The second kappa shape index (κ2) is 8.33. The molecular weight excluding hydrogens is 452 g/mol. The highest BCUT2D eigenvalue weighted by Crippen LogP contribution is 2.34. The predicted octanol–water partition coefficient (Wildman–Crippen LogP) is 2.30.